The zero-order valence-electron chi connectivity index (χ0n) is 25.2. The van der Waals surface area contributed by atoms with Gasteiger partial charge in [-0.3, -0.25) is 0 Å². The zero-order chi connectivity index (χ0) is 29.4. The van der Waals surface area contributed by atoms with Gasteiger partial charge in [0.05, 0.1) is 11.4 Å². The molecule has 0 bridgehead atoms. The normalized spacial score (nSPS) is 11.3. The molecular formula is C38H36N2S2. The van der Waals surface area contributed by atoms with Crippen molar-refractivity contribution in [3.63, 3.8) is 0 Å². The molecular weight excluding hydrogens is 549 g/mol. The molecule has 210 valence electrons. The molecule has 2 nitrogen and oxygen atoms in total. The monoisotopic (exact) mass is 584 g/mol. The molecule has 6 aromatic rings. The number of hydrogen-bond donors (Lipinski definition) is 0. The second-order valence-electron chi connectivity index (χ2n) is 11.3. The first-order valence-electron chi connectivity index (χ1n) is 14.5. The fraction of sp³-hybridized carbons (Fsp3) is 0.211. The summed E-state index contributed by atoms with van der Waals surface area (Å²) < 4.78 is 0. The Morgan fingerprint density at radius 1 is 0.476 bits per heavy atom. The minimum atomic E-state index is 0.886. The first kappa shape index (κ1) is 28.3. The van der Waals surface area contributed by atoms with Crippen LogP contribution in [0.3, 0.4) is 0 Å². The number of hydrogen-bond acceptors (Lipinski definition) is 4. The molecule has 0 aliphatic carbocycles. The molecule has 0 spiro atoms. The standard InChI is InChI=1S/C38H36N2S2/c1-23-9-7-11-33(27(23)5)35-19-29(15-13-25(35)3)37-39-31(21-41-37)17-18-32-22-42-38(40-32)30-16-14-26(4)36(20-30)34-12-8-10-24(2)28(34)6/h7-16,19-22H,17-18H2,1-6H3. The third-order valence-electron chi connectivity index (χ3n) is 8.50. The number of aryl methyl sites for hydroxylation is 6. The Morgan fingerprint density at radius 3 is 1.33 bits per heavy atom. The summed E-state index contributed by atoms with van der Waals surface area (Å²) in [7, 11) is 0. The number of aromatic nitrogens is 2. The molecule has 2 heterocycles. The van der Waals surface area contributed by atoms with E-state index < -0.39 is 0 Å². The van der Waals surface area contributed by atoms with Gasteiger partial charge in [0.25, 0.3) is 0 Å². The van der Waals surface area contributed by atoms with E-state index in [2.05, 4.69) is 125 Å². The quantitative estimate of drug-likeness (QED) is 0.186. The van der Waals surface area contributed by atoms with Gasteiger partial charge in [-0.15, -0.1) is 22.7 Å². The molecule has 4 heteroatoms. The second-order valence-corrected chi connectivity index (χ2v) is 13.1. The fourth-order valence-electron chi connectivity index (χ4n) is 5.54. The van der Waals surface area contributed by atoms with Crippen LogP contribution in [0, 0.1) is 41.5 Å². The van der Waals surface area contributed by atoms with Crippen LogP contribution in [0.25, 0.3) is 43.4 Å². The molecule has 0 fully saturated rings. The third-order valence-corrected chi connectivity index (χ3v) is 10.4. The molecule has 42 heavy (non-hydrogen) atoms. The first-order chi connectivity index (χ1) is 20.3. The largest absolute Gasteiger partial charge is 0.241 e. The van der Waals surface area contributed by atoms with Crippen LogP contribution in [0.15, 0.2) is 83.6 Å². The Balaban J connectivity index is 1.18. The first-order valence-corrected chi connectivity index (χ1v) is 16.3. The summed E-state index contributed by atoms with van der Waals surface area (Å²) >= 11 is 3.46. The highest BCUT2D eigenvalue weighted by Crippen LogP contribution is 2.35. The summed E-state index contributed by atoms with van der Waals surface area (Å²) in [5.41, 5.74) is 17.7. The van der Waals surface area contributed by atoms with E-state index in [9.17, 15) is 0 Å². The predicted molar refractivity (Wildman–Crippen MR) is 182 cm³/mol. The van der Waals surface area contributed by atoms with Gasteiger partial charge in [0.15, 0.2) is 0 Å². The lowest BCUT2D eigenvalue weighted by Gasteiger charge is -2.12. The Hall–Kier alpha value is -3.86. The second kappa shape index (κ2) is 11.8. The number of nitrogens with zero attached hydrogens (tertiary/aromatic N) is 2. The van der Waals surface area contributed by atoms with Crippen LogP contribution in [0.2, 0.25) is 0 Å². The maximum absolute atomic E-state index is 5.03. The van der Waals surface area contributed by atoms with Crippen molar-refractivity contribution < 1.29 is 0 Å². The van der Waals surface area contributed by atoms with Crippen LogP contribution < -0.4 is 0 Å². The summed E-state index contributed by atoms with van der Waals surface area (Å²) in [6, 6.07) is 26.6. The molecule has 0 saturated carbocycles. The van der Waals surface area contributed by atoms with Crippen LogP contribution in [-0.4, -0.2) is 9.97 Å². The molecule has 6 rings (SSSR count). The highest BCUT2D eigenvalue weighted by molar-refractivity contribution is 7.13. The molecule has 0 aliphatic heterocycles. The number of rotatable bonds is 7. The van der Waals surface area contributed by atoms with Gasteiger partial charge in [0, 0.05) is 21.9 Å². The Bertz CT molecular complexity index is 1770. The maximum Gasteiger partial charge on any atom is 0.123 e. The van der Waals surface area contributed by atoms with E-state index >= 15 is 0 Å². The van der Waals surface area contributed by atoms with Crippen molar-refractivity contribution in [2.45, 2.75) is 54.4 Å². The van der Waals surface area contributed by atoms with Crippen LogP contribution >= 0.6 is 22.7 Å². The smallest absolute Gasteiger partial charge is 0.123 e. The van der Waals surface area contributed by atoms with Crippen LogP contribution in [0.5, 0.6) is 0 Å². The van der Waals surface area contributed by atoms with E-state index in [0.717, 1.165) is 34.2 Å². The minimum Gasteiger partial charge on any atom is -0.241 e. The molecule has 0 radical (unpaired) electrons. The van der Waals surface area contributed by atoms with E-state index in [0.29, 0.717) is 0 Å². The lowest BCUT2D eigenvalue weighted by molar-refractivity contribution is 0.900. The molecule has 2 aromatic heterocycles. The SMILES string of the molecule is Cc1ccc(-c2nc(CCc3csc(-c4ccc(C)c(-c5cccc(C)c5C)c4)n3)cs2)cc1-c1cccc(C)c1C. The van der Waals surface area contributed by atoms with E-state index in [1.54, 1.807) is 22.7 Å². The highest BCUT2D eigenvalue weighted by atomic mass is 32.1. The molecule has 0 atom stereocenters. The molecule has 0 N–H and O–H groups in total. The minimum absolute atomic E-state index is 0.886. The van der Waals surface area contributed by atoms with E-state index in [4.69, 9.17) is 9.97 Å². The summed E-state index contributed by atoms with van der Waals surface area (Å²) in [6.07, 6.45) is 1.77. The Kier molecular flexibility index (Phi) is 7.94. The molecule has 4 aromatic carbocycles. The predicted octanol–water partition coefficient (Wildman–Crippen LogP) is 10.9. The van der Waals surface area contributed by atoms with Gasteiger partial charge in [0.2, 0.25) is 0 Å². The van der Waals surface area contributed by atoms with Crippen LogP contribution in [-0.2, 0) is 12.8 Å². The van der Waals surface area contributed by atoms with Gasteiger partial charge in [-0.1, -0.05) is 60.7 Å². The van der Waals surface area contributed by atoms with Gasteiger partial charge in [-0.2, -0.15) is 0 Å². The van der Waals surface area contributed by atoms with E-state index in [1.165, 1.54) is 66.8 Å². The van der Waals surface area contributed by atoms with Crippen molar-refractivity contribution in [1.29, 1.82) is 0 Å². The van der Waals surface area contributed by atoms with Gasteiger partial charge in [0.1, 0.15) is 10.0 Å². The van der Waals surface area contributed by atoms with Gasteiger partial charge in [-0.05, 0) is 122 Å². The van der Waals surface area contributed by atoms with Gasteiger partial charge in [-0.25, -0.2) is 9.97 Å². The molecule has 0 aliphatic rings. The average molecular weight is 585 g/mol. The maximum atomic E-state index is 5.03. The van der Waals surface area contributed by atoms with Crippen LogP contribution in [0.4, 0.5) is 0 Å². The lowest BCUT2D eigenvalue weighted by Crippen LogP contribution is -1.93. The average Bonchev–Trinajstić information content (AvgIpc) is 3.66. The highest BCUT2D eigenvalue weighted by Gasteiger charge is 2.13. The molecule has 0 unspecified atom stereocenters. The van der Waals surface area contributed by atoms with Crippen LogP contribution in [0.1, 0.15) is 44.8 Å². The van der Waals surface area contributed by atoms with Crippen molar-refractivity contribution in [2.75, 3.05) is 0 Å². The Labute approximate surface area is 257 Å². The van der Waals surface area contributed by atoms with E-state index in [1.807, 2.05) is 0 Å². The van der Waals surface area contributed by atoms with Gasteiger partial charge >= 0.3 is 0 Å². The summed E-state index contributed by atoms with van der Waals surface area (Å²) in [6.45, 7) is 13.2. The summed E-state index contributed by atoms with van der Waals surface area (Å²) in [5.74, 6) is 0. The lowest BCUT2D eigenvalue weighted by atomic mass is 9.93. The van der Waals surface area contributed by atoms with Crippen molar-refractivity contribution >= 4 is 22.7 Å². The number of benzene rings is 4. The molecule has 0 amide bonds. The van der Waals surface area contributed by atoms with E-state index in [-0.39, 0.29) is 0 Å². The summed E-state index contributed by atoms with van der Waals surface area (Å²) in [4.78, 5) is 10.1. The zero-order valence-corrected chi connectivity index (χ0v) is 26.8. The van der Waals surface area contributed by atoms with Gasteiger partial charge < -0.3 is 0 Å². The van der Waals surface area contributed by atoms with Crippen molar-refractivity contribution in [3.8, 4) is 43.4 Å². The van der Waals surface area contributed by atoms with Crippen molar-refractivity contribution in [2.24, 2.45) is 0 Å². The van der Waals surface area contributed by atoms with Crippen molar-refractivity contribution in [3.05, 3.63) is 128 Å². The fourth-order valence-corrected chi connectivity index (χ4v) is 7.24. The summed E-state index contributed by atoms with van der Waals surface area (Å²) in [5, 5.41) is 6.57. The third kappa shape index (κ3) is 5.62. The molecule has 0 saturated heterocycles. The topological polar surface area (TPSA) is 25.8 Å². The number of thiazole rings is 2. The Morgan fingerprint density at radius 2 is 0.905 bits per heavy atom. The van der Waals surface area contributed by atoms with Crippen molar-refractivity contribution in [1.82, 2.24) is 9.97 Å².